The molecule has 0 aliphatic heterocycles. The SMILES string of the molecule is CC(C)NC(=O)C[NH+](C)CC(=O)Oc1cc(F)ccc1[N+](=O)[O-]. The Morgan fingerprint density at radius 3 is 2.61 bits per heavy atom. The number of halogens is 1. The standard InChI is InChI=1S/C14H18FN3O5/c1-9(2)16-13(19)7-17(3)8-14(20)23-12-6-10(15)4-5-11(12)18(21)22/h4-6,9H,7-8H2,1-3H3,(H,16,19)/p+1. The van der Waals surface area contributed by atoms with Crippen LogP contribution in [0.25, 0.3) is 0 Å². The van der Waals surface area contributed by atoms with Gasteiger partial charge in [0, 0.05) is 18.2 Å². The minimum absolute atomic E-state index is 0.0165. The third-order valence-electron chi connectivity index (χ3n) is 2.70. The second-order valence-electron chi connectivity index (χ2n) is 5.38. The largest absolute Gasteiger partial charge is 0.415 e. The Balaban J connectivity index is 2.65. The highest BCUT2D eigenvalue weighted by Crippen LogP contribution is 2.27. The fraction of sp³-hybridized carbons (Fsp3) is 0.429. The van der Waals surface area contributed by atoms with Crippen LogP contribution in [0.4, 0.5) is 10.1 Å². The molecular formula is C14H19FN3O5+. The summed E-state index contributed by atoms with van der Waals surface area (Å²) >= 11 is 0. The Bertz CT molecular complexity index is 606. The number of nitrogens with zero attached hydrogens (tertiary/aromatic N) is 1. The molecule has 1 aromatic carbocycles. The van der Waals surface area contributed by atoms with Crippen LogP contribution in [0.5, 0.6) is 5.75 Å². The van der Waals surface area contributed by atoms with Crippen LogP contribution >= 0.6 is 0 Å². The van der Waals surface area contributed by atoms with E-state index in [2.05, 4.69) is 5.32 Å². The van der Waals surface area contributed by atoms with Crippen molar-refractivity contribution in [3.8, 4) is 5.75 Å². The number of carbonyl (C=O) groups is 2. The van der Waals surface area contributed by atoms with Crippen LogP contribution < -0.4 is 15.0 Å². The van der Waals surface area contributed by atoms with Crippen molar-refractivity contribution < 1.29 is 28.5 Å². The van der Waals surface area contributed by atoms with Gasteiger partial charge in [-0.1, -0.05) is 0 Å². The van der Waals surface area contributed by atoms with Gasteiger partial charge >= 0.3 is 11.7 Å². The zero-order chi connectivity index (χ0) is 17.6. The second-order valence-corrected chi connectivity index (χ2v) is 5.38. The lowest BCUT2D eigenvalue weighted by Gasteiger charge is -2.14. The molecule has 0 fully saturated rings. The summed E-state index contributed by atoms with van der Waals surface area (Å²) in [5.41, 5.74) is -0.505. The topological polar surface area (TPSA) is 103 Å². The summed E-state index contributed by atoms with van der Waals surface area (Å²) in [7, 11) is 1.60. The highest BCUT2D eigenvalue weighted by Gasteiger charge is 2.21. The van der Waals surface area contributed by atoms with E-state index in [1.165, 1.54) is 0 Å². The van der Waals surface area contributed by atoms with Crippen molar-refractivity contribution in [3.63, 3.8) is 0 Å². The predicted molar refractivity (Wildman–Crippen MR) is 78.6 cm³/mol. The molecule has 0 saturated heterocycles. The number of benzene rings is 1. The first-order valence-corrected chi connectivity index (χ1v) is 6.94. The van der Waals surface area contributed by atoms with Gasteiger partial charge in [0.2, 0.25) is 5.75 Å². The first kappa shape index (κ1) is 18.5. The zero-order valence-corrected chi connectivity index (χ0v) is 13.1. The van der Waals surface area contributed by atoms with E-state index in [1.807, 2.05) is 13.8 Å². The van der Waals surface area contributed by atoms with E-state index in [4.69, 9.17) is 4.74 Å². The van der Waals surface area contributed by atoms with E-state index >= 15 is 0 Å². The fourth-order valence-corrected chi connectivity index (χ4v) is 1.84. The number of nitro groups is 1. The highest BCUT2D eigenvalue weighted by molar-refractivity contribution is 5.78. The first-order valence-electron chi connectivity index (χ1n) is 6.94. The van der Waals surface area contributed by atoms with E-state index in [0.717, 1.165) is 18.2 Å². The number of rotatable bonds is 7. The van der Waals surface area contributed by atoms with E-state index < -0.39 is 28.1 Å². The Morgan fingerprint density at radius 1 is 1.39 bits per heavy atom. The van der Waals surface area contributed by atoms with Gasteiger partial charge in [-0.15, -0.1) is 0 Å². The first-order chi connectivity index (χ1) is 10.7. The van der Waals surface area contributed by atoms with Gasteiger partial charge in [0.1, 0.15) is 5.82 Å². The van der Waals surface area contributed by atoms with Crippen LogP contribution in [0.15, 0.2) is 18.2 Å². The summed E-state index contributed by atoms with van der Waals surface area (Å²) < 4.78 is 18.0. The summed E-state index contributed by atoms with van der Waals surface area (Å²) in [4.78, 5) is 33.9. The molecule has 9 heteroatoms. The number of ether oxygens (including phenoxy) is 1. The monoisotopic (exact) mass is 328 g/mol. The second kappa shape index (κ2) is 8.18. The molecular weight excluding hydrogens is 309 g/mol. The molecule has 0 aliphatic rings. The van der Waals surface area contributed by atoms with E-state index in [-0.39, 0.29) is 25.0 Å². The van der Waals surface area contributed by atoms with Crippen LogP contribution in [-0.4, -0.2) is 43.0 Å². The number of nitrogens with one attached hydrogen (secondary N) is 2. The van der Waals surface area contributed by atoms with Crippen LogP contribution in [0.3, 0.4) is 0 Å². The number of amides is 1. The molecule has 126 valence electrons. The van der Waals surface area contributed by atoms with Crippen molar-refractivity contribution in [3.05, 3.63) is 34.1 Å². The maximum absolute atomic E-state index is 13.1. The molecule has 0 aliphatic carbocycles. The Morgan fingerprint density at radius 2 is 2.04 bits per heavy atom. The lowest BCUT2D eigenvalue weighted by Crippen LogP contribution is -3.11. The van der Waals surface area contributed by atoms with Crippen LogP contribution in [0.1, 0.15) is 13.8 Å². The molecule has 0 bridgehead atoms. The molecule has 1 unspecified atom stereocenters. The van der Waals surface area contributed by atoms with Crippen LogP contribution in [0.2, 0.25) is 0 Å². The van der Waals surface area contributed by atoms with Crippen molar-refractivity contribution in [1.29, 1.82) is 0 Å². The molecule has 1 aromatic rings. The van der Waals surface area contributed by atoms with Crippen molar-refractivity contribution in [2.75, 3.05) is 20.1 Å². The molecule has 0 saturated carbocycles. The Hall–Kier alpha value is -2.55. The van der Waals surface area contributed by atoms with Crippen LogP contribution in [-0.2, 0) is 9.59 Å². The summed E-state index contributed by atoms with van der Waals surface area (Å²) in [5, 5.41) is 13.5. The summed E-state index contributed by atoms with van der Waals surface area (Å²) in [5.74, 6) is -2.24. The molecule has 1 rings (SSSR count). The molecule has 23 heavy (non-hydrogen) atoms. The average Bonchev–Trinajstić information content (AvgIpc) is 2.36. The molecule has 1 amide bonds. The number of nitro benzene ring substituents is 1. The smallest absolute Gasteiger partial charge is 0.367 e. The van der Waals surface area contributed by atoms with Gasteiger partial charge in [0.25, 0.3) is 5.91 Å². The molecule has 0 radical (unpaired) electrons. The number of hydrogen-bond donors (Lipinski definition) is 2. The van der Waals surface area contributed by atoms with Gasteiger partial charge in [-0.2, -0.15) is 0 Å². The highest BCUT2D eigenvalue weighted by atomic mass is 19.1. The van der Waals surface area contributed by atoms with Crippen molar-refractivity contribution in [2.45, 2.75) is 19.9 Å². The lowest BCUT2D eigenvalue weighted by molar-refractivity contribution is -0.863. The number of hydrogen-bond acceptors (Lipinski definition) is 5. The maximum atomic E-state index is 13.1. The molecule has 0 aromatic heterocycles. The quantitative estimate of drug-likeness (QED) is 0.309. The van der Waals surface area contributed by atoms with Crippen molar-refractivity contribution in [1.82, 2.24) is 5.32 Å². The normalized spacial score (nSPS) is 11.9. The maximum Gasteiger partial charge on any atom is 0.367 e. The van der Waals surface area contributed by atoms with Gasteiger partial charge in [0.15, 0.2) is 13.1 Å². The average molecular weight is 328 g/mol. The van der Waals surface area contributed by atoms with Gasteiger partial charge in [-0.3, -0.25) is 14.9 Å². The summed E-state index contributed by atoms with van der Waals surface area (Å²) in [6, 6.07) is 2.59. The van der Waals surface area contributed by atoms with E-state index in [9.17, 15) is 24.1 Å². The van der Waals surface area contributed by atoms with Gasteiger partial charge in [-0.05, 0) is 19.9 Å². The minimum Gasteiger partial charge on any atom is -0.415 e. The lowest BCUT2D eigenvalue weighted by atomic mass is 10.3. The van der Waals surface area contributed by atoms with E-state index in [0.29, 0.717) is 4.90 Å². The Kier molecular flexibility index (Phi) is 6.58. The molecule has 0 spiro atoms. The fourth-order valence-electron chi connectivity index (χ4n) is 1.84. The van der Waals surface area contributed by atoms with Gasteiger partial charge < -0.3 is 15.0 Å². The van der Waals surface area contributed by atoms with E-state index in [1.54, 1.807) is 7.05 Å². The van der Waals surface area contributed by atoms with Crippen molar-refractivity contribution >= 4 is 17.6 Å². The minimum atomic E-state index is -0.798. The third kappa shape index (κ3) is 6.39. The molecule has 1 atom stereocenters. The predicted octanol–water partition coefficient (Wildman–Crippen LogP) is -0.321. The number of quaternary nitrogens is 1. The molecule has 8 nitrogen and oxygen atoms in total. The van der Waals surface area contributed by atoms with Gasteiger partial charge in [0.05, 0.1) is 12.0 Å². The zero-order valence-electron chi connectivity index (χ0n) is 13.1. The van der Waals surface area contributed by atoms with Crippen molar-refractivity contribution in [2.24, 2.45) is 0 Å². The van der Waals surface area contributed by atoms with Gasteiger partial charge in [-0.25, -0.2) is 9.18 Å². The number of esters is 1. The third-order valence-corrected chi connectivity index (χ3v) is 2.70. The number of carbonyl (C=O) groups excluding carboxylic acids is 2. The Labute approximate surface area is 132 Å². The summed E-state index contributed by atoms with van der Waals surface area (Å²) in [6.45, 7) is 3.47. The van der Waals surface area contributed by atoms with Crippen LogP contribution in [0, 0.1) is 15.9 Å². The summed E-state index contributed by atoms with van der Waals surface area (Å²) in [6.07, 6.45) is 0. The number of likely N-dealkylation sites (N-methyl/N-ethyl adjacent to an activating group) is 1. The molecule has 0 heterocycles. The molecule has 2 N–H and O–H groups in total.